The zero-order chi connectivity index (χ0) is 12.3. The molecular weight excluding hydrogens is 212 g/mol. The van der Waals surface area contributed by atoms with E-state index >= 15 is 0 Å². The Morgan fingerprint density at radius 1 is 1.41 bits per heavy atom. The van der Waals surface area contributed by atoms with Gasteiger partial charge in [-0.3, -0.25) is 0 Å². The largest absolute Gasteiger partial charge is 0.411 e. The summed E-state index contributed by atoms with van der Waals surface area (Å²) < 4.78 is 0. The van der Waals surface area contributed by atoms with E-state index in [-0.39, 0.29) is 0 Å². The van der Waals surface area contributed by atoms with Crippen LogP contribution in [0.25, 0.3) is 0 Å². The van der Waals surface area contributed by atoms with Crippen LogP contribution >= 0.6 is 0 Å². The predicted octanol–water partition coefficient (Wildman–Crippen LogP) is 3.12. The van der Waals surface area contributed by atoms with Crippen molar-refractivity contribution in [3.8, 4) is 0 Å². The van der Waals surface area contributed by atoms with Crippen molar-refractivity contribution < 1.29 is 5.21 Å². The highest BCUT2D eigenvalue weighted by Crippen LogP contribution is 2.28. The molecule has 2 rings (SSSR count). The van der Waals surface area contributed by atoms with E-state index in [0.717, 1.165) is 30.8 Å². The number of hydrogen-bond donors (Lipinski definition) is 1. The summed E-state index contributed by atoms with van der Waals surface area (Å²) in [5, 5.41) is 12.4. The van der Waals surface area contributed by atoms with Crippen molar-refractivity contribution in [3.63, 3.8) is 0 Å². The molecule has 3 nitrogen and oxygen atoms in total. The van der Waals surface area contributed by atoms with Gasteiger partial charge in [0.15, 0.2) is 0 Å². The molecule has 0 saturated carbocycles. The fourth-order valence-electron chi connectivity index (χ4n) is 2.29. The number of rotatable bonds is 3. The third kappa shape index (κ3) is 2.43. The lowest BCUT2D eigenvalue weighted by Gasteiger charge is -2.33. The van der Waals surface area contributed by atoms with Crippen LogP contribution in [0.3, 0.4) is 0 Å². The molecule has 1 atom stereocenters. The van der Waals surface area contributed by atoms with Gasteiger partial charge in [0.05, 0.1) is 5.71 Å². The molecule has 1 aromatic rings. The molecular formula is C14H20N2O. The fraction of sp³-hybridized carbons (Fsp3) is 0.500. The van der Waals surface area contributed by atoms with Crippen molar-refractivity contribution in [1.29, 1.82) is 0 Å². The molecule has 0 spiro atoms. The Bertz CT molecular complexity index is 414. The number of oxime groups is 1. The SMILES string of the molecule is CCC(C)CN1CCC(=NO)c2ccccc21. The Kier molecular flexibility index (Phi) is 3.67. The monoisotopic (exact) mass is 232 g/mol. The summed E-state index contributed by atoms with van der Waals surface area (Å²) in [5.74, 6) is 0.690. The molecule has 0 radical (unpaired) electrons. The van der Waals surface area contributed by atoms with Gasteiger partial charge in [-0.15, -0.1) is 0 Å². The maximum absolute atomic E-state index is 9.02. The van der Waals surface area contributed by atoms with Crippen LogP contribution in [0.15, 0.2) is 29.4 Å². The number of fused-ring (bicyclic) bond motifs is 1. The molecule has 1 N–H and O–H groups in total. The van der Waals surface area contributed by atoms with Crippen molar-refractivity contribution in [2.45, 2.75) is 26.7 Å². The standard InChI is InChI=1S/C14H20N2O/c1-3-11(2)10-16-9-8-13(15-17)12-6-4-5-7-14(12)16/h4-7,11,17H,3,8-10H2,1-2H3. The zero-order valence-corrected chi connectivity index (χ0v) is 10.6. The first-order valence-electron chi connectivity index (χ1n) is 6.31. The summed E-state index contributed by atoms with van der Waals surface area (Å²) in [7, 11) is 0. The second kappa shape index (κ2) is 5.21. The van der Waals surface area contributed by atoms with Crippen LogP contribution in [-0.2, 0) is 0 Å². The third-order valence-electron chi connectivity index (χ3n) is 3.52. The van der Waals surface area contributed by atoms with Crippen LogP contribution in [0.2, 0.25) is 0 Å². The Labute approximate surface area is 103 Å². The van der Waals surface area contributed by atoms with E-state index in [1.165, 1.54) is 12.1 Å². The first-order chi connectivity index (χ1) is 8.26. The molecule has 0 fully saturated rings. The zero-order valence-electron chi connectivity index (χ0n) is 10.6. The highest BCUT2D eigenvalue weighted by molar-refractivity contribution is 6.06. The molecule has 1 unspecified atom stereocenters. The van der Waals surface area contributed by atoms with Crippen LogP contribution in [0, 0.1) is 5.92 Å². The van der Waals surface area contributed by atoms with Crippen molar-refractivity contribution in [1.82, 2.24) is 0 Å². The van der Waals surface area contributed by atoms with Gasteiger partial charge in [-0.25, -0.2) is 0 Å². The average Bonchev–Trinajstić information content (AvgIpc) is 2.39. The Hall–Kier alpha value is -1.51. The van der Waals surface area contributed by atoms with E-state index in [1.807, 2.05) is 18.2 Å². The van der Waals surface area contributed by atoms with Crippen LogP contribution in [-0.4, -0.2) is 24.0 Å². The second-order valence-electron chi connectivity index (χ2n) is 4.77. The normalized spacial score (nSPS) is 19.2. The number of hydrogen-bond acceptors (Lipinski definition) is 3. The van der Waals surface area contributed by atoms with E-state index in [9.17, 15) is 0 Å². The van der Waals surface area contributed by atoms with Crippen LogP contribution in [0.1, 0.15) is 32.3 Å². The van der Waals surface area contributed by atoms with Crippen LogP contribution < -0.4 is 4.90 Å². The number of benzene rings is 1. The topological polar surface area (TPSA) is 35.8 Å². The fourth-order valence-corrected chi connectivity index (χ4v) is 2.29. The van der Waals surface area contributed by atoms with Gasteiger partial charge in [-0.1, -0.05) is 43.6 Å². The Morgan fingerprint density at radius 3 is 2.88 bits per heavy atom. The molecule has 1 aliphatic rings. The molecule has 0 saturated heterocycles. The first kappa shape index (κ1) is 12.0. The van der Waals surface area contributed by atoms with E-state index in [0.29, 0.717) is 5.92 Å². The Balaban J connectivity index is 2.28. The summed E-state index contributed by atoms with van der Waals surface area (Å²) in [4.78, 5) is 2.40. The maximum Gasteiger partial charge on any atom is 0.0906 e. The molecule has 0 amide bonds. The van der Waals surface area contributed by atoms with Gasteiger partial charge in [-0.2, -0.15) is 0 Å². The molecule has 1 aromatic carbocycles. The quantitative estimate of drug-likeness (QED) is 0.642. The lowest BCUT2D eigenvalue weighted by atomic mass is 9.98. The maximum atomic E-state index is 9.02. The van der Waals surface area contributed by atoms with Crippen LogP contribution in [0.5, 0.6) is 0 Å². The van der Waals surface area contributed by atoms with E-state index in [4.69, 9.17) is 5.21 Å². The number of nitrogens with zero attached hydrogens (tertiary/aromatic N) is 2. The van der Waals surface area contributed by atoms with E-state index < -0.39 is 0 Å². The number of para-hydroxylation sites is 1. The van der Waals surface area contributed by atoms with Gasteiger partial charge in [0, 0.05) is 30.8 Å². The van der Waals surface area contributed by atoms with E-state index in [1.54, 1.807) is 0 Å². The molecule has 92 valence electrons. The summed E-state index contributed by atoms with van der Waals surface area (Å²) in [6, 6.07) is 8.19. The van der Waals surface area contributed by atoms with Gasteiger partial charge in [-0.05, 0) is 12.0 Å². The lowest BCUT2D eigenvalue weighted by molar-refractivity contribution is 0.317. The lowest BCUT2D eigenvalue weighted by Crippen LogP contribution is -2.35. The average molecular weight is 232 g/mol. The second-order valence-corrected chi connectivity index (χ2v) is 4.77. The minimum Gasteiger partial charge on any atom is -0.411 e. The first-order valence-corrected chi connectivity index (χ1v) is 6.31. The van der Waals surface area contributed by atoms with Gasteiger partial charge in [0.25, 0.3) is 0 Å². The number of anilines is 1. The van der Waals surface area contributed by atoms with Crippen molar-refractivity contribution >= 4 is 11.4 Å². The molecule has 1 heterocycles. The summed E-state index contributed by atoms with van der Waals surface area (Å²) in [5.41, 5.74) is 3.08. The summed E-state index contributed by atoms with van der Waals surface area (Å²) >= 11 is 0. The van der Waals surface area contributed by atoms with Crippen LogP contribution in [0.4, 0.5) is 5.69 Å². The minimum absolute atomic E-state index is 0.690. The Morgan fingerprint density at radius 2 is 2.18 bits per heavy atom. The van der Waals surface area contributed by atoms with Crippen molar-refractivity contribution in [3.05, 3.63) is 29.8 Å². The molecule has 17 heavy (non-hydrogen) atoms. The smallest absolute Gasteiger partial charge is 0.0906 e. The summed E-state index contributed by atoms with van der Waals surface area (Å²) in [6.45, 7) is 6.52. The third-order valence-corrected chi connectivity index (χ3v) is 3.52. The molecule has 3 heteroatoms. The molecule has 0 aromatic heterocycles. The van der Waals surface area contributed by atoms with Crippen molar-refractivity contribution in [2.75, 3.05) is 18.0 Å². The van der Waals surface area contributed by atoms with Gasteiger partial charge < -0.3 is 10.1 Å². The predicted molar refractivity (Wildman–Crippen MR) is 71.1 cm³/mol. The molecule has 0 aliphatic carbocycles. The van der Waals surface area contributed by atoms with E-state index in [2.05, 4.69) is 30.0 Å². The summed E-state index contributed by atoms with van der Waals surface area (Å²) in [6.07, 6.45) is 2.02. The molecule has 0 bridgehead atoms. The van der Waals surface area contributed by atoms with Gasteiger partial charge >= 0.3 is 0 Å². The highest BCUT2D eigenvalue weighted by Gasteiger charge is 2.22. The molecule has 1 aliphatic heterocycles. The van der Waals surface area contributed by atoms with Crippen molar-refractivity contribution in [2.24, 2.45) is 11.1 Å². The van der Waals surface area contributed by atoms with Gasteiger partial charge in [0.2, 0.25) is 0 Å². The van der Waals surface area contributed by atoms with Gasteiger partial charge in [0.1, 0.15) is 0 Å². The highest BCUT2D eigenvalue weighted by atomic mass is 16.4. The minimum atomic E-state index is 0.690.